The smallest absolute Gasteiger partial charge is 0.0104 e. The van der Waals surface area contributed by atoms with Gasteiger partial charge in [0, 0.05) is 0 Å². The van der Waals surface area contributed by atoms with Crippen LogP contribution in [0.25, 0.3) is 21.5 Å². The fourth-order valence-electron chi connectivity index (χ4n) is 3.78. The van der Waals surface area contributed by atoms with E-state index in [2.05, 4.69) is 91.9 Å². The van der Waals surface area contributed by atoms with Crippen LogP contribution in [-0.2, 0) is 0 Å². The quantitative estimate of drug-likeness (QED) is 0.269. The predicted molar refractivity (Wildman–Crippen MR) is 118 cm³/mol. The number of rotatable bonds is 6. The number of hydrogen-bond acceptors (Lipinski definition) is 0. The molecule has 0 amide bonds. The summed E-state index contributed by atoms with van der Waals surface area (Å²) in [4.78, 5) is 0. The van der Waals surface area contributed by atoms with Crippen LogP contribution >= 0.6 is 7.92 Å². The lowest BCUT2D eigenvalue weighted by molar-refractivity contribution is 0.777. The number of unbranched alkanes of at least 4 members (excludes halogenated alkanes) is 2. The normalized spacial score (nSPS) is 11.5. The second kappa shape index (κ2) is 8.02. The van der Waals surface area contributed by atoms with Gasteiger partial charge in [0.15, 0.2) is 0 Å². The van der Waals surface area contributed by atoms with Crippen molar-refractivity contribution in [3.63, 3.8) is 0 Å². The molecule has 0 heterocycles. The van der Waals surface area contributed by atoms with E-state index in [0.717, 1.165) is 0 Å². The molecule has 0 aliphatic carbocycles. The first-order valence-electron chi connectivity index (χ1n) is 9.61. The summed E-state index contributed by atoms with van der Waals surface area (Å²) in [5.41, 5.74) is 0. The van der Waals surface area contributed by atoms with Gasteiger partial charge < -0.3 is 0 Å². The summed E-state index contributed by atoms with van der Waals surface area (Å²) in [6, 6.07) is 31.4. The van der Waals surface area contributed by atoms with Gasteiger partial charge in [0.05, 0.1) is 0 Å². The Morgan fingerprint density at radius 3 is 1.62 bits per heavy atom. The fourth-order valence-corrected chi connectivity index (χ4v) is 6.58. The van der Waals surface area contributed by atoms with Gasteiger partial charge in [-0.1, -0.05) is 105 Å². The monoisotopic (exact) mass is 356 g/mol. The molecule has 0 saturated carbocycles. The van der Waals surface area contributed by atoms with Crippen molar-refractivity contribution in [1.82, 2.24) is 0 Å². The third kappa shape index (κ3) is 3.39. The second-order valence-electron chi connectivity index (χ2n) is 6.86. The Labute approximate surface area is 157 Å². The first kappa shape index (κ1) is 17.3. The van der Waals surface area contributed by atoms with E-state index >= 15 is 0 Å². The lowest BCUT2D eigenvalue weighted by Gasteiger charge is -2.22. The third-order valence-corrected chi connectivity index (χ3v) is 7.81. The van der Waals surface area contributed by atoms with Crippen LogP contribution in [0.3, 0.4) is 0 Å². The van der Waals surface area contributed by atoms with Crippen molar-refractivity contribution in [3.8, 4) is 0 Å². The molecule has 0 unspecified atom stereocenters. The summed E-state index contributed by atoms with van der Waals surface area (Å²) in [6.45, 7) is 2.29. The predicted octanol–water partition coefficient (Wildman–Crippen LogP) is 6.62. The molecule has 0 N–H and O–H groups in total. The average molecular weight is 356 g/mol. The summed E-state index contributed by atoms with van der Waals surface area (Å²) in [6.07, 6.45) is 5.16. The van der Waals surface area contributed by atoms with E-state index in [1.54, 1.807) is 0 Å². The van der Waals surface area contributed by atoms with Crippen LogP contribution in [0.1, 0.15) is 26.2 Å². The van der Waals surface area contributed by atoms with Gasteiger partial charge in [-0.15, -0.1) is 0 Å². The Balaban J connectivity index is 1.89. The van der Waals surface area contributed by atoms with E-state index in [9.17, 15) is 0 Å². The standard InChI is InChI=1S/C25H25P/c1-2-3-8-19-26(24-17-9-13-20-11-4-6-15-22(20)24)25-18-10-14-21-12-5-7-16-23(21)25/h4-7,9-18H,2-3,8,19H2,1H3. The highest BCUT2D eigenvalue weighted by Crippen LogP contribution is 2.39. The van der Waals surface area contributed by atoms with Gasteiger partial charge in [-0.3, -0.25) is 0 Å². The van der Waals surface area contributed by atoms with Gasteiger partial charge >= 0.3 is 0 Å². The van der Waals surface area contributed by atoms with Crippen LogP contribution in [0.2, 0.25) is 0 Å². The Morgan fingerprint density at radius 1 is 0.577 bits per heavy atom. The molecule has 4 aromatic rings. The van der Waals surface area contributed by atoms with E-state index in [4.69, 9.17) is 0 Å². The highest BCUT2D eigenvalue weighted by molar-refractivity contribution is 7.73. The van der Waals surface area contributed by atoms with Gasteiger partial charge in [-0.2, -0.15) is 0 Å². The van der Waals surface area contributed by atoms with E-state index in [1.165, 1.54) is 57.6 Å². The topological polar surface area (TPSA) is 0 Å². The van der Waals surface area contributed by atoms with Gasteiger partial charge in [0.25, 0.3) is 0 Å². The Morgan fingerprint density at radius 2 is 1.08 bits per heavy atom. The molecule has 0 aliphatic heterocycles. The van der Waals surface area contributed by atoms with Crippen LogP contribution < -0.4 is 10.6 Å². The summed E-state index contributed by atoms with van der Waals surface area (Å²) in [5.74, 6) is 0. The molecule has 0 radical (unpaired) electrons. The molecule has 130 valence electrons. The lowest BCUT2D eigenvalue weighted by Crippen LogP contribution is -2.16. The third-order valence-electron chi connectivity index (χ3n) is 5.10. The lowest BCUT2D eigenvalue weighted by atomic mass is 10.1. The molecule has 0 saturated heterocycles. The maximum absolute atomic E-state index is 2.36. The highest BCUT2D eigenvalue weighted by atomic mass is 31.1. The van der Waals surface area contributed by atoms with Crippen LogP contribution in [-0.4, -0.2) is 6.16 Å². The highest BCUT2D eigenvalue weighted by Gasteiger charge is 2.18. The zero-order valence-corrected chi connectivity index (χ0v) is 16.3. The molecule has 0 spiro atoms. The maximum Gasteiger partial charge on any atom is -0.0104 e. The minimum absolute atomic E-state index is 0.362. The van der Waals surface area contributed by atoms with E-state index in [0.29, 0.717) is 0 Å². The van der Waals surface area contributed by atoms with Crippen molar-refractivity contribution in [2.75, 3.05) is 6.16 Å². The zero-order chi connectivity index (χ0) is 17.8. The van der Waals surface area contributed by atoms with Gasteiger partial charge in [-0.05, 0) is 52.7 Å². The molecule has 0 aromatic heterocycles. The Hall–Kier alpha value is -2.17. The van der Waals surface area contributed by atoms with Gasteiger partial charge in [0.2, 0.25) is 0 Å². The molecular formula is C25H25P. The maximum atomic E-state index is 2.36. The molecule has 1 heteroatoms. The molecule has 0 atom stereocenters. The molecule has 0 aliphatic rings. The first-order chi connectivity index (χ1) is 12.9. The van der Waals surface area contributed by atoms with Crippen molar-refractivity contribution in [2.45, 2.75) is 26.2 Å². The minimum atomic E-state index is -0.362. The van der Waals surface area contributed by atoms with Gasteiger partial charge in [0.1, 0.15) is 0 Å². The summed E-state index contributed by atoms with van der Waals surface area (Å²) >= 11 is 0. The summed E-state index contributed by atoms with van der Waals surface area (Å²) < 4.78 is 0. The van der Waals surface area contributed by atoms with Crippen molar-refractivity contribution < 1.29 is 0 Å². The number of benzene rings is 4. The molecule has 4 rings (SSSR count). The van der Waals surface area contributed by atoms with E-state index in [1.807, 2.05) is 0 Å². The van der Waals surface area contributed by atoms with Gasteiger partial charge in [-0.25, -0.2) is 0 Å². The molecule has 4 aromatic carbocycles. The number of fused-ring (bicyclic) bond motifs is 2. The van der Waals surface area contributed by atoms with Crippen LogP contribution in [0.5, 0.6) is 0 Å². The number of hydrogen-bond donors (Lipinski definition) is 0. The zero-order valence-electron chi connectivity index (χ0n) is 15.4. The molecular weight excluding hydrogens is 331 g/mol. The largest absolute Gasteiger partial charge is 0.0654 e. The molecule has 26 heavy (non-hydrogen) atoms. The fraction of sp³-hybridized carbons (Fsp3) is 0.200. The van der Waals surface area contributed by atoms with Crippen LogP contribution in [0, 0.1) is 0 Å². The SMILES string of the molecule is CCCCCP(c1cccc2ccccc12)c1cccc2ccccc12. The minimum Gasteiger partial charge on any atom is -0.0654 e. The van der Waals surface area contributed by atoms with Crippen LogP contribution in [0.4, 0.5) is 0 Å². The van der Waals surface area contributed by atoms with E-state index in [-0.39, 0.29) is 7.92 Å². The van der Waals surface area contributed by atoms with E-state index < -0.39 is 0 Å². The average Bonchev–Trinajstić information content (AvgIpc) is 2.71. The van der Waals surface area contributed by atoms with Crippen molar-refractivity contribution in [3.05, 3.63) is 84.9 Å². The Bertz CT molecular complexity index is 929. The molecule has 0 fully saturated rings. The molecule has 0 nitrogen and oxygen atoms in total. The summed E-state index contributed by atoms with van der Waals surface area (Å²) in [5, 5.41) is 8.62. The summed E-state index contributed by atoms with van der Waals surface area (Å²) in [7, 11) is -0.362. The first-order valence-corrected chi connectivity index (χ1v) is 11.1. The molecule has 0 bridgehead atoms. The van der Waals surface area contributed by atoms with Crippen molar-refractivity contribution >= 4 is 40.1 Å². The van der Waals surface area contributed by atoms with Crippen molar-refractivity contribution in [2.24, 2.45) is 0 Å². The second-order valence-corrected chi connectivity index (χ2v) is 9.12. The Kier molecular flexibility index (Phi) is 5.32. The van der Waals surface area contributed by atoms with Crippen LogP contribution in [0.15, 0.2) is 84.9 Å². The van der Waals surface area contributed by atoms with Crippen molar-refractivity contribution in [1.29, 1.82) is 0 Å².